The van der Waals surface area contributed by atoms with E-state index in [0.717, 1.165) is 49.7 Å². The first kappa shape index (κ1) is 15.7. The van der Waals surface area contributed by atoms with Crippen LogP contribution in [0.4, 0.5) is 4.39 Å². The predicted molar refractivity (Wildman–Crippen MR) is 93.4 cm³/mol. The lowest BCUT2D eigenvalue weighted by Gasteiger charge is -2.35. The number of hydrogen-bond acceptors (Lipinski definition) is 1. The summed E-state index contributed by atoms with van der Waals surface area (Å²) < 4.78 is 13.6. The highest BCUT2D eigenvalue weighted by Crippen LogP contribution is 2.34. The smallest absolute Gasteiger partial charge is 0.225 e. The summed E-state index contributed by atoms with van der Waals surface area (Å²) in [6.07, 6.45) is 9.79. The number of likely N-dealkylation sites (tertiary alicyclic amines) is 1. The minimum Gasteiger partial charge on any atom is -0.361 e. The van der Waals surface area contributed by atoms with Crippen molar-refractivity contribution in [3.63, 3.8) is 0 Å². The zero-order valence-corrected chi connectivity index (χ0v) is 14.1. The Hall–Kier alpha value is -1.84. The zero-order chi connectivity index (χ0) is 16.5. The van der Waals surface area contributed by atoms with Gasteiger partial charge < -0.3 is 9.88 Å². The van der Waals surface area contributed by atoms with Gasteiger partial charge in [-0.3, -0.25) is 4.79 Å². The number of piperidine rings is 1. The van der Waals surface area contributed by atoms with Crippen LogP contribution in [-0.4, -0.2) is 28.9 Å². The average Bonchev–Trinajstić information content (AvgIpc) is 3.05. The van der Waals surface area contributed by atoms with Crippen LogP contribution in [0.1, 0.15) is 56.4 Å². The van der Waals surface area contributed by atoms with E-state index >= 15 is 0 Å². The molecular formula is C20H25FN2O. The number of nitrogens with one attached hydrogen (secondary N) is 1. The van der Waals surface area contributed by atoms with Gasteiger partial charge in [-0.1, -0.05) is 19.3 Å². The van der Waals surface area contributed by atoms with Crippen molar-refractivity contribution in [3.8, 4) is 0 Å². The van der Waals surface area contributed by atoms with Crippen molar-refractivity contribution < 1.29 is 9.18 Å². The van der Waals surface area contributed by atoms with E-state index in [0.29, 0.717) is 11.8 Å². The second kappa shape index (κ2) is 6.58. The SMILES string of the molecule is O=C(C1CCCCC1)N1CCC(c2c[nH]c3ccc(F)cc23)CC1. The maximum atomic E-state index is 13.6. The van der Waals surface area contributed by atoms with Crippen molar-refractivity contribution in [2.24, 2.45) is 5.92 Å². The number of amides is 1. The minimum atomic E-state index is -0.187. The summed E-state index contributed by atoms with van der Waals surface area (Å²) in [5, 5.41) is 0.993. The van der Waals surface area contributed by atoms with Crippen molar-refractivity contribution in [1.82, 2.24) is 9.88 Å². The molecular weight excluding hydrogens is 303 g/mol. The van der Waals surface area contributed by atoms with Crippen molar-refractivity contribution in [2.45, 2.75) is 50.9 Å². The lowest BCUT2D eigenvalue weighted by atomic mass is 9.86. The monoisotopic (exact) mass is 328 g/mol. The van der Waals surface area contributed by atoms with Gasteiger partial charge >= 0.3 is 0 Å². The molecule has 1 aromatic heterocycles. The van der Waals surface area contributed by atoms with E-state index in [2.05, 4.69) is 9.88 Å². The molecule has 3 nitrogen and oxygen atoms in total. The van der Waals surface area contributed by atoms with E-state index in [1.165, 1.54) is 30.9 Å². The second-order valence-electron chi connectivity index (χ2n) is 7.37. The van der Waals surface area contributed by atoms with Crippen molar-refractivity contribution in [1.29, 1.82) is 0 Å². The third-order valence-electron chi connectivity index (χ3n) is 5.88. The van der Waals surface area contributed by atoms with E-state index in [-0.39, 0.29) is 11.7 Å². The third kappa shape index (κ3) is 2.94. The standard InChI is InChI=1S/C20H25FN2O/c21-16-6-7-19-17(12-16)18(13-22-19)14-8-10-23(11-9-14)20(24)15-4-2-1-3-5-15/h6-7,12-15,22H,1-5,8-11H2. The molecule has 2 fully saturated rings. The van der Waals surface area contributed by atoms with Gasteiger partial charge in [0.25, 0.3) is 0 Å². The molecule has 1 aromatic carbocycles. The van der Waals surface area contributed by atoms with Crippen molar-refractivity contribution in [2.75, 3.05) is 13.1 Å². The number of H-pyrrole nitrogens is 1. The first-order valence-electron chi connectivity index (χ1n) is 9.27. The fourth-order valence-electron chi connectivity index (χ4n) is 4.47. The molecule has 0 atom stereocenters. The van der Waals surface area contributed by atoms with Crippen LogP contribution in [-0.2, 0) is 4.79 Å². The lowest BCUT2D eigenvalue weighted by Crippen LogP contribution is -2.41. The summed E-state index contributed by atoms with van der Waals surface area (Å²) in [5.74, 6) is 0.861. The maximum Gasteiger partial charge on any atom is 0.225 e. The number of carbonyl (C=O) groups is 1. The van der Waals surface area contributed by atoms with Crippen LogP contribution in [0.15, 0.2) is 24.4 Å². The van der Waals surface area contributed by atoms with E-state index in [1.807, 2.05) is 6.20 Å². The van der Waals surface area contributed by atoms with Gasteiger partial charge in [-0.25, -0.2) is 4.39 Å². The van der Waals surface area contributed by atoms with Gasteiger partial charge in [-0.2, -0.15) is 0 Å². The summed E-state index contributed by atoms with van der Waals surface area (Å²) in [5.41, 5.74) is 2.20. The molecule has 128 valence electrons. The summed E-state index contributed by atoms with van der Waals surface area (Å²) in [6, 6.07) is 4.92. The summed E-state index contributed by atoms with van der Waals surface area (Å²) in [7, 11) is 0. The molecule has 24 heavy (non-hydrogen) atoms. The van der Waals surface area contributed by atoms with Crippen LogP contribution in [0, 0.1) is 11.7 Å². The molecule has 4 rings (SSSR count). The van der Waals surface area contributed by atoms with Crippen LogP contribution in [0.3, 0.4) is 0 Å². The summed E-state index contributed by atoms with van der Waals surface area (Å²) in [4.78, 5) is 18.0. The minimum absolute atomic E-state index is 0.187. The lowest BCUT2D eigenvalue weighted by molar-refractivity contribution is -0.137. The maximum absolute atomic E-state index is 13.6. The molecule has 2 aliphatic rings. The molecule has 0 spiro atoms. The van der Waals surface area contributed by atoms with E-state index in [4.69, 9.17) is 0 Å². The number of nitrogens with zero attached hydrogens (tertiary/aromatic N) is 1. The van der Waals surface area contributed by atoms with E-state index < -0.39 is 0 Å². The summed E-state index contributed by atoms with van der Waals surface area (Å²) in [6.45, 7) is 1.67. The third-order valence-corrected chi connectivity index (χ3v) is 5.88. The largest absolute Gasteiger partial charge is 0.361 e. The highest BCUT2D eigenvalue weighted by atomic mass is 19.1. The molecule has 4 heteroatoms. The molecule has 1 saturated carbocycles. The number of carbonyl (C=O) groups excluding carboxylic acids is 1. The Kier molecular flexibility index (Phi) is 4.30. The molecule has 1 aliphatic carbocycles. The molecule has 2 aromatic rings. The number of rotatable bonds is 2. The fourth-order valence-corrected chi connectivity index (χ4v) is 4.47. The Morgan fingerprint density at radius 3 is 2.58 bits per heavy atom. The Balaban J connectivity index is 1.43. The number of aromatic nitrogens is 1. The van der Waals surface area contributed by atoms with Gasteiger partial charge in [0, 0.05) is 36.1 Å². The quantitative estimate of drug-likeness (QED) is 0.860. The van der Waals surface area contributed by atoms with Crippen LogP contribution in [0.5, 0.6) is 0 Å². The van der Waals surface area contributed by atoms with Crippen LogP contribution >= 0.6 is 0 Å². The molecule has 1 amide bonds. The molecule has 1 N–H and O–H groups in total. The molecule has 0 unspecified atom stereocenters. The fraction of sp³-hybridized carbons (Fsp3) is 0.550. The number of hydrogen-bond donors (Lipinski definition) is 1. The first-order chi connectivity index (χ1) is 11.7. The van der Waals surface area contributed by atoms with Gasteiger partial charge in [-0.15, -0.1) is 0 Å². The van der Waals surface area contributed by atoms with Gasteiger partial charge in [0.05, 0.1) is 0 Å². The molecule has 1 saturated heterocycles. The van der Waals surface area contributed by atoms with Gasteiger partial charge in [0.15, 0.2) is 0 Å². The number of benzene rings is 1. The molecule has 1 aliphatic heterocycles. The summed E-state index contributed by atoms with van der Waals surface area (Å²) >= 11 is 0. The first-order valence-corrected chi connectivity index (χ1v) is 9.27. The van der Waals surface area contributed by atoms with Gasteiger partial charge in [-0.05, 0) is 55.4 Å². The Bertz CT molecular complexity index is 724. The van der Waals surface area contributed by atoms with Crippen LogP contribution in [0.25, 0.3) is 10.9 Å². The second-order valence-corrected chi connectivity index (χ2v) is 7.37. The normalized spacial score (nSPS) is 20.6. The topological polar surface area (TPSA) is 36.1 Å². The van der Waals surface area contributed by atoms with Gasteiger partial charge in [0.1, 0.15) is 5.82 Å². The molecule has 2 heterocycles. The number of fused-ring (bicyclic) bond motifs is 1. The zero-order valence-electron chi connectivity index (χ0n) is 14.1. The van der Waals surface area contributed by atoms with Gasteiger partial charge in [0.2, 0.25) is 5.91 Å². The van der Waals surface area contributed by atoms with Crippen LogP contribution < -0.4 is 0 Å². The highest BCUT2D eigenvalue weighted by molar-refractivity contribution is 5.84. The van der Waals surface area contributed by atoms with Crippen LogP contribution in [0.2, 0.25) is 0 Å². The van der Waals surface area contributed by atoms with Crippen molar-refractivity contribution in [3.05, 3.63) is 35.8 Å². The number of halogens is 1. The highest BCUT2D eigenvalue weighted by Gasteiger charge is 2.30. The van der Waals surface area contributed by atoms with E-state index in [1.54, 1.807) is 12.1 Å². The Labute approximate surface area is 142 Å². The predicted octanol–water partition coefficient (Wildman–Crippen LogP) is 4.59. The Morgan fingerprint density at radius 2 is 1.83 bits per heavy atom. The number of aromatic amines is 1. The molecule has 0 bridgehead atoms. The molecule has 0 radical (unpaired) electrons. The van der Waals surface area contributed by atoms with E-state index in [9.17, 15) is 9.18 Å². The Morgan fingerprint density at radius 1 is 1.08 bits per heavy atom. The van der Waals surface area contributed by atoms with Crippen molar-refractivity contribution >= 4 is 16.8 Å². The average molecular weight is 328 g/mol.